The van der Waals surface area contributed by atoms with Gasteiger partial charge in [-0.1, -0.05) is 117 Å². The summed E-state index contributed by atoms with van der Waals surface area (Å²) >= 11 is 0. The Morgan fingerprint density at radius 2 is 0.964 bits per heavy atom. The number of hydrogen-bond acceptors (Lipinski definition) is 5. The van der Waals surface area contributed by atoms with E-state index in [1.54, 1.807) is 0 Å². The van der Waals surface area contributed by atoms with Crippen molar-refractivity contribution >= 4 is 6.16 Å². The molecule has 0 bridgehead atoms. The fraction of sp³-hybridized carbons (Fsp3) is 0.957. The Bertz CT molecular complexity index is 309. The van der Waals surface area contributed by atoms with Crippen LogP contribution in [0, 0.1) is 0 Å². The second-order valence-corrected chi connectivity index (χ2v) is 7.73. The van der Waals surface area contributed by atoms with Crippen LogP contribution in [0.5, 0.6) is 0 Å². The van der Waals surface area contributed by atoms with Crippen molar-refractivity contribution in [3.8, 4) is 0 Å². The molecule has 168 valence electrons. The van der Waals surface area contributed by atoms with Crippen molar-refractivity contribution in [3.05, 3.63) is 0 Å². The fourth-order valence-electron chi connectivity index (χ4n) is 3.12. The summed E-state index contributed by atoms with van der Waals surface area (Å²) in [5.74, 6) is 0. The first kappa shape index (κ1) is 27.2. The summed E-state index contributed by atoms with van der Waals surface area (Å²) < 4.78 is 4.90. The minimum atomic E-state index is -0.836. The molecule has 0 atom stereocenters. The topological polar surface area (TPSA) is 54.0 Å². The Balaban J connectivity index is 3.09. The monoisotopic (exact) mass is 402 g/mol. The average molecular weight is 403 g/mol. The number of unbranched alkanes of at least 4 members (excludes halogenated alkanes) is 16. The molecule has 0 saturated heterocycles. The molecule has 0 aliphatic rings. The van der Waals surface area contributed by atoms with E-state index in [9.17, 15) is 4.79 Å². The van der Waals surface area contributed by atoms with Gasteiger partial charge in [0.1, 0.15) is 0 Å². The largest absolute Gasteiger partial charge is 0.542 e. The van der Waals surface area contributed by atoms with Crippen LogP contribution in [-0.4, -0.2) is 19.4 Å². The summed E-state index contributed by atoms with van der Waals surface area (Å²) in [5.41, 5.74) is 0. The molecule has 0 radical (unpaired) electrons. The first-order valence-corrected chi connectivity index (χ1v) is 11.9. The number of carbonyl (C=O) groups is 1. The summed E-state index contributed by atoms with van der Waals surface area (Å²) in [7, 11) is 0. The fourth-order valence-corrected chi connectivity index (χ4v) is 3.12. The summed E-state index contributed by atoms with van der Waals surface area (Å²) in [6.07, 6.45) is 22.2. The predicted octanol–water partition coefficient (Wildman–Crippen LogP) is 8.06. The molecule has 0 N–H and O–H groups in total. The zero-order chi connectivity index (χ0) is 20.5. The van der Waals surface area contributed by atoms with Crippen molar-refractivity contribution < 1.29 is 24.3 Å². The Morgan fingerprint density at radius 3 is 1.43 bits per heavy atom. The van der Waals surface area contributed by atoms with Crippen LogP contribution in [0.4, 0.5) is 4.79 Å². The maximum Gasteiger partial charge on any atom is 0.542 e. The van der Waals surface area contributed by atoms with Gasteiger partial charge in [0.05, 0.1) is 13.2 Å². The summed E-state index contributed by atoms with van der Waals surface area (Å²) in [5, 5.41) is 4.31. The van der Waals surface area contributed by atoms with Crippen LogP contribution in [0.2, 0.25) is 0 Å². The van der Waals surface area contributed by atoms with Gasteiger partial charge >= 0.3 is 6.16 Å². The molecular weight excluding hydrogens is 356 g/mol. The van der Waals surface area contributed by atoms with Gasteiger partial charge in [0.15, 0.2) is 0 Å². The van der Waals surface area contributed by atoms with Gasteiger partial charge in [0.2, 0.25) is 0 Å². The molecule has 5 nitrogen and oxygen atoms in total. The maximum absolute atomic E-state index is 11.2. The van der Waals surface area contributed by atoms with Gasteiger partial charge in [-0.25, -0.2) is 9.68 Å². The van der Waals surface area contributed by atoms with E-state index in [0.717, 1.165) is 25.7 Å². The van der Waals surface area contributed by atoms with Gasteiger partial charge in [0.25, 0.3) is 0 Å². The van der Waals surface area contributed by atoms with Crippen LogP contribution in [-0.2, 0) is 19.6 Å². The van der Waals surface area contributed by atoms with Crippen LogP contribution in [0.3, 0.4) is 0 Å². The number of carbonyl (C=O) groups excluding carboxylic acids is 1. The van der Waals surface area contributed by atoms with Crippen molar-refractivity contribution in [2.45, 2.75) is 129 Å². The lowest BCUT2D eigenvalue weighted by atomic mass is 10.0. The Hall–Kier alpha value is -0.810. The van der Waals surface area contributed by atoms with Gasteiger partial charge in [0, 0.05) is 0 Å². The van der Waals surface area contributed by atoms with Crippen molar-refractivity contribution in [2.75, 3.05) is 13.2 Å². The quantitative estimate of drug-likeness (QED) is 0.0793. The standard InChI is InChI=1S/C23H46O5/c1-3-5-7-8-9-10-11-12-13-14-15-16-17-18-19-20-21-25-23(24)27-28-26-22-6-4-2/h3-22H2,1-2H3. The highest BCUT2D eigenvalue weighted by molar-refractivity contribution is 5.58. The summed E-state index contributed by atoms with van der Waals surface area (Å²) in [6, 6.07) is 0. The third kappa shape index (κ3) is 23.2. The molecule has 0 aliphatic heterocycles. The Morgan fingerprint density at radius 1 is 0.536 bits per heavy atom. The summed E-state index contributed by atoms with van der Waals surface area (Å²) in [4.78, 5) is 20.2. The molecule has 0 aromatic rings. The van der Waals surface area contributed by atoms with Crippen LogP contribution in [0.15, 0.2) is 0 Å². The van der Waals surface area contributed by atoms with Gasteiger partial charge in [-0.3, -0.25) is 0 Å². The molecule has 0 fully saturated rings. The maximum atomic E-state index is 11.2. The number of ether oxygens (including phenoxy) is 1. The second-order valence-electron chi connectivity index (χ2n) is 7.73. The van der Waals surface area contributed by atoms with E-state index in [2.05, 4.69) is 21.7 Å². The van der Waals surface area contributed by atoms with Gasteiger partial charge in [-0.05, 0) is 17.9 Å². The van der Waals surface area contributed by atoms with Crippen LogP contribution >= 0.6 is 0 Å². The van der Waals surface area contributed by atoms with Crippen molar-refractivity contribution in [1.29, 1.82) is 0 Å². The second kappa shape index (κ2) is 24.2. The molecule has 0 amide bonds. The Kier molecular flexibility index (Phi) is 23.5. The highest BCUT2D eigenvalue weighted by Crippen LogP contribution is 2.13. The predicted molar refractivity (Wildman–Crippen MR) is 114 cm³/mol. The molecule has 5 heteroatoms. The zero-order valence-corrected chi connectivity index (χ0v) is 18.7. The van der Waals surface area contributed by atoms with E-state index in [4.69, 9.17) is 4.74 Å². The van der Waals surface area contributed by atoms with Crippen LogP contribution in [0.1, 0.15) is 129 Å². The number of hydrogen-bond donors (Lipinski definition) is 0. The van der Waals surface area contributed by atoms with E-state index in [0.29, 0.717) is 13.2 Å². The molecule has 0 aromatic heterocycles. The zero-order valence-electron chi connectivity index (χ0n) is 18.7. The third-order valence-corrected chi connectivity index (χ3v) is 4.95. The van der Waals surface area contributed by atoms with Crippen molar-refractivity contribution in [2.24, 2.45) is 0 Å². The molecular formula is C23H46O5. The highest BCUT2D eigenvalue weighted by atomic mass is 17.5. The molecule has 28 heavy (non-hydrogen) atoms. The number of rotatable bonds is 22. The highest BCUT2D eigenvalue weighted by Gasteiger charge is 2.05. The third-order valence-electron chi connectivity index (χ3n) is 4.95. The molecule has 0 saturated carbocycles. The van der Waals surface area contributed by atoms with E-state index >= 15 is 0 Å². The lowest BCUT2D eigenvalue weighted by molar-refractivity contribution is -0.486. The molecule has 0 aromatic carbocycles. The molecule has 0 heterocycles. The molecule has 0 spiro atoms. The van der Waals surface area contributed by atoms with Gasteiger partial charge in [-0.2, -0.15) is 4.89 Å². The molecule has 0 rings (SSSR count). The lowest BCUT2D eigenvalue weighted by Gasteiger charge is -2.05. The Labute approximate surface area is 173 Å². The smallest absolute Gasteiger partial charge is 0.432 e. The molecule has 0 aliphatic carbocycles. The molecule has 0 unspecified atom stereocenters. The van der Waals surface area contributed by atoms with E-state index in [1.165, 1.54) is 89.9 Å². The minimum absolute atomic E-state index is 0.371. The van der Waals surface area contributed by atoms with E-state index in [1.807, 2.05) is 6.92 Å². The van der Waals surface area contributed by atoms with Crippen LogP contribution < -0.4 is 0 Å². The average Bonchev–Trinajstić information content (AvgIpc) is 2.70. The van der Waals surface area contributed by atoms with Gasteiger partial charge in [-0.15, -0.1) is 0 Å². The first-order chi connectivity index (χ1) is 13.8. The van der Waals surface area contributed by atoms with Crippen molar-refractivity contribution in [1.82, 2.24) is 0 Å². The van der Waals surface area contributed by atoms with E-state index in [-0.39, 0.29) is 0 Å². The van der Waals surface area contributed by atoms with Crippen molar-refractivity contribution in [3.63, 3.8) is 0 Å². The minimum Gasteiger partial charge on any atom is -0.432 e. The SMILES string of the molecule is CCCCCCCCCCCCCCCCCCOC(=O)OOOCCCC. The normalized spacial score (nSPS) is 10.9. The van der Waals surface area contributed by atoms with Crippen LogP contribution in [0.25, 0.3) is 0 Å². The first-order valence-electron chi connectivity index (χ1n) is 11.9. The summed E-state index contributed by atoms with van der Waals surface area (Å²) in [6.45, 7) is 5.09. The van der Waals surface area contributed by atoms with Gasteiger partial charge < -0.3 is 4.74 Å². The van der Waals surface area contributed by atoms with E-state index < -0.39 is 6.16 Å². The lowest BCUT2D eigenvalue weighted by Crippen LogP contribution is -2.10.